The third-order valence-corrected chi connectivity index (χ3v) is 3.80. The highest BCUT2D eigenvalue weighted by molar-refractivity contribution is 9.11. The molecule has 0 fully saturated rings. The molecule has 0 atom stereocenters. The summed E-state index contributed by atoms with van der Waals surface area (Å²) < 4.78 is 2.73. The molecule has 16 heavy (non-hydrogen) atoms. The maximum atomic E-state index is 12.1. The number of thiophene rings is 1. The Hall–Kier alpha value is -0.940. The number of hydrogen-bond donors (Lipinski definition) is 0. The summed E-state index contributed by atoms with van der Waals surface area (Å²) in [5, 5.41) is 4.15. The fourth-order valence-corrected chi connectivity index (χ4v) is 2.81. The van der Waals surface area contributed by atoms with Gasteiger partial charge in [0.25, 0.3) is 0 Å². The second-order valence-electron chi connectivity index (χ2n) is 3.37. The number of nitrogens with zero attached hydrogens (tertiary/aromatic N) is 2. The molecule has 0 bridgehead atoms. The Balaban J connectivity index is 2.30. The minimum absolute atomic E-state index is 0.0432. The van der Waals surface area contributed by atoms with E-state index in [0.717, 1.165) is 21.6 Å². The van der Waals surface area contributed by atoms with Crippen LogP contribution in [0.2, 0.25) is 0 Å². The molecule has 2 aromatic heterocycles. The molecule has 2 heterocycles. The molecule has 0 saturated heterocycles. The van der Waals surface area contributed by atoms with Crippen LogP contribution in [0.25, 0.3) is 0 Å². The van der Waals surface area contributed by atoms with Gasteiger partial charge in [-0.2, -0.15) is 5.10 Å². The quantitative estimate of drug-likeness (QED) is 0.812. The molecule has 0 N–H and O–H groups in total. The van der Waals surface area contributed by atoms with Gasteiger partial charge in [-0.3, -0.25) is 9.48 Å². The van der Waals surface area contributed by atoms with Crippen LogP contribution in [0.3, 0.4) is 0 Å². The van der Waals surface area contributed by atoms with Gasteiger partial charge in [-0.1, -0.05) is 6.92 Å². The summed E-state index contributed by atoms with van der Waals surface area (Å²) in [6.07, 6.45) is 2.64. The van der Waals surface area contributed by atoms with Crippen molar-refractivity contribution in [1.29, 1.82) is 0 Å². The minimum Gasteiger partial charge on any atom is -0.286 e. The highest BCUT2D eigenvalue weighted by Crippen LogP contribution is 2.24. The first-order valence-corrected chi connectivity index (χ1v) is 6.65. The molecular weight excluding hydrogens is 288 g/mol. The van der Waals surface area contributed by atoms with Gasteiger partial charge in [-0.25, -0.2) is 0 Å². The minimum atomic E-state index is 0.0432. The van der Waals surface area contributed by atoms with Gasteiger partial charge < -0.3 is 0 Å². The van der Waals surface area contributed by atoms with E-state index >= 15 is 0 Å². The van der Waals surface area contributed by atoms with Crippen LogP contribution in [-0.2, 0) is 6.54 Å². The van der Waals surface area contributed by atoms with Crippen LogP contribution in [0, 0.1) is 0 Å². The van der Waals surface area contributed by atoms with Crippen molar-refractivity contribution in [3.05, 3.63) is 38.8 Å². The van der Waals surface area contributed by atoms with E-state index in [-0.39, 0.29) is 5.78 Å². The SMILES string of the molecule is CCCn1nccc1C(=O)c1ccc(Br)s1. The summed E-state index contributed by atoms with van der Waals surface area (Å²) in [4.78, 5) is 12.9. The molecule has 84 valence electrons. The van der Waals surface area contributed by atoms with Crippen molar-refractivity contribution in [1.82, 2.24) is 9.78 Å². The van der Waals surface area contributed by atoms with Crippen LogP contribution in [0.15, 0.2) is 28.2 Å². The van der Waals surface area contributed by atoms with E-state index in [1.54, 1.807) is 16.9 Å². The number of halogens is 1. The molecule has 0 amide bonds. The lowest BCUT2D eigenvalue weighted by molar-refractivity contribution is 0.103. The molecule has 2 aromatic rings. The van der Waals surface area contributed by atoms with Gasteiger partial charge in [0.15, 0.2) is 0 Å². The van der Waals surface area contributed by atoms with E-state index in [1.807, 2.05) is 12.1 Å². The van der Waals surface area contributed by atoms with Crippen molar-refractivity contribution in [2.45, 2.75) is 19.9 Å². The van der Waals surface area contributed by atoms with E-state index in [2.05, 4.69) is 28.0 Å². The number of carbonyl (C=O) groups is 1. The molecule has 5 heteroatoms. The van der Waals surface area contributed by atoms with Gasteiger partial charge in [0.1, 0.15) is 5.69 Å². The van der Waals surface area contributed by atoms with Gasteiger partial charge in [-0.05, 0) is 40.5 Å². The molecule has 0 radical (unpaired) electrons. The molecule has 2 rings (SSSR count). The largest absolute Gasteiger partial charge is 0.286 e. The fraction of sp³-hybridized carbons (Fsp3) is 0.273. The lowest BCUT2D eigenvalue weighted by atomic mass is 10.2. The summed E-state index contributed by atoms with van der Waals surface area (Å²) in [6, 6.07) is 5.49. The molecule has 0 unspecified atom stereocenters. The normalized spacial score (nSPS) is 10.6. The van der Waals surface area contributed by atoms with Gasteiger partial charge in [0.2, 0.25) is 5.78 Å². The van der Waals surface area contributed by atoms with Gasteiger partial charge in [0.05, 0.1) is 8.66 Å². The lowest BCUT2D eigenvalue weighted by Gasteiger charge is -2.03. The highest BCUT2D eigenvalue weighted by atomic mass is 79.9. The van der Waals surface area contributed by atoms with Crippen LogP contribution < -0.4 is 0 Å². The zero-order chi connectivity index (χ0) is 11.5. The third-order valence-electron chi connectivity index (χ3n) is 2.18. The predicted octanol–water partition coefficient (Wildman–Crippen LogP) is 3.35. The van der Waals surface area contributed by atoms with Crippen molar-refractivity contribution < 1.29 is 4.79 Å². The second kappa shape index (κ2) is 4.93. The molecular formula is C11H11BrN2OS. The zero-order valence-corrected chi connectivity index (χ0v) is 11.2. The number of carbonyl (C=O) groups excluding carboxylic acids is 1. The molecule has 0 saturated carbocycles. The number of aryl methyl sites for hydroxylation is 1. The van der Waals surface area contributed by atoms with Crippen LogP contribution in [-0.4, -0.2) is 15.6 Å². The van der Waals surface area contributed by atoms with E-state index in [4.69, 9.17) is 0 Å². The monoisotopic (exact) mass is 298 g/mol. The summed E-state index contributed by atoms with van der Waals surface area (Å²) in [5.41, 5.74) is 0.663. The molecule has 0 aliphatic carbocycles. The Morgan fingerprint density at radius 2 is 2.31 bits per heavy atom. The summed E-state index contributed by atoms with van der Waals surface area (Å²) in [5.74, 6) is 0.0432. The molecule has 3 nitrogen and oxygen atoms in total. The Kier molecular flexibility index (Phi) is 3.56. The standard InChI is InChI=1S/C11H11BrN2OS/c1-2-7-14-8(5-6-13-14)11(15)9-3-4-10(12)16-9/h3-6H,2,7H2,1H3. The number of hydrogen-bond acceptors (Lipinski definition) is 3. The molecule has 0 aliphatic heterocycles. The zero-order valence-electron chi connectivity index (χ0n) is 8.81. The second-order valence-corrected chi connectivity index (χ2v) is 5.84. The Morgan fingerprint density at radius 1 is 1.50 bits per heavy atom. The van der Waals surface area contributed by atoms with Gasteiger partial charge >= 0.3 is 0 Å². The van der Waals surface area contributed by atoms with E-state index in [1.165, 1.54) is 11.3 Å². The summed E-state index contributed by atoms with van der Waals surface area (Å²) in [6.45, 7) is 2.85. The first-order chi connectivity index (χ1) is 7.72. The van der Waals surface area contributed by atoms with Crippen molar-refractivity contribution in [2.75, 3.05) is 0 Å². The lowest BCUT2D eigenvalue weighted by Crippen LogP contribution is -2.10. The Morgan fingerprint density at radius 3 is 2.94 bits per heavy atom. The predicted molar refractivity (Wildman–Crippen MR) is 68.0 cm³/mol. The van der Waals surface area contributed by atoms with Crippen LogP contribution in [0.5, 0.6) is 0 Å². The summed E-state index contributed by atoms with van der Waals surface area (Å²) in [7, 11) is 0. The van der Waals surface area contributed by atoms with Crippen molar-refractivity contribution in [2.24, 2.45) is 0 Å². The maximum Gasteiger partial charge on any atom is 0.220 e. The first kappa shape index (κ1) is 11.5. The number of rotatable bonds is 4. The molecule has 0 aliphatic rings. The van der Waals surface area contributed by atoms with Crippen LogP contribution in [0.1, 0.15) is 28.7 Å². The third kappa shape index (κ3) is 2.25. The van der Waals surface area contributed by atoms with Gasteiger partial charge in [-0.15, -0.1) is 11.3 Å². The van der Waals surface area contributed by atoms with Crippen LogP contribution >= 0.6 is 27.3 Å². The Labute approximate surface area is 106 Å². The van der Waals surface area contributed by atoms with E-state index in [0.29, 0.717) is 5.69 Å². The fourth-order valence-electron chi connectivity index (χ4n) is 1.48. The number of aromatic nitrogens is 2. The molecule has 0 aromatic carbocycles. The van der Waals surface area contributed by atoms with Crippen molar-refractivity contribution in [3.63, 3.8) is 0 Å². The van der Waals surface area contributed by atoms with Crippen LogP contribution in [0.4, 0.5) is 0 Å². The topological polar surface area (TPSA) is 34.9 Å². The van der Waals surface area contributed by atoms with E-state index in [9.17, 15) is 4.79 Å². The first-order valence-electron chi connectivity index (χ1n) is 5.04. The van der Waals surface area contributed by atoms with Crippen molar-refractivity contribution >= 4 is 33.0 Å². The Bertz CT molecular complexity index is 504. The van der Waals surface area contributed by atoms with Gasteiger partial charge in [0, 0.05) is 12.7 Å². The maximum absolute atomic E-state index is 12.1. The summed E-state index contributed by atoms with van der Waals surface area (Å²) >= 11 is 4.80. The number of ketones is 1. The smallest absolute Gasteiger partial charge is 0.220 e. The van der Waals surface area contributed by atoms with Crippen molar-refractivity contribution in [3.8, 4) is 0 Å². The average molecular weight is 299 g/mol. The average Bonchev–Trinajstić information content (AvgIpc) is 2.87. The molecule has 0 spiro atoms. The van der Waals surface area contributed by atoms with E-state index < -0.39 is 0 Å². The highest BCUT2D eigenvalue weighted by Gasteiger charge is 2.15.